The van der Waals surface area contributed by atoms with Crippen LogP contribution in [0.4, 0.5) is 0 Å². The fraction of sp³-hybridized carbons (Fsp3) is 0.455. The normalized spacial score (nSPS) is 11.9. The topological polar surface area (TPSA) is 38.3 Å². The molecule has 94 valence electrons. The van der Waals surface area contributed by atoms with E-state index in [0.717, 1.165) is 22.1 Å². The van der Waals surface area contributed by atoms with E-state index in [4.69, 9.17) is 4.52 Å². The predicted molar refractivity (Wildman–Crippen MR) is 74.9 cm³/mol. The van der Waals surface area contributed by atoms with Gasteiger partial charge in [0.05, 0.1) is 12.9 Å². The Hall–Kier alpha value is 1.15. The number of nitrogens with one attached hydrogen (secondary N) is 1. The third-order valence-corrected chi connectivity index (χ3v) is 3.58. The maximum absolute atomic E-state index is 11.5. The van der Waals surface area contributed by atoms with Crippen LogP contribution in [0.25, 0.3) is 0 Å². The quantitative estimate of drug-likeness (QED) is 0.230. The summed E-state index contributed by atoms with van der Waals surface area (Å²) in [7, 11) is -1.96. The minimum Gasteiger partial charge on any atom is -0.327 e. The van der Waals surface area contributed by atoms with Crippen molar-refractivity contribution in [2.75, 3.05) is 12.8 Å². The van der Waals surface area contributed by atoms with Crippen molar-refractivity contribution >= 4 is 30.6 Å². The maximum atomic E-state index is 11.5. The first-order valence-corrected chi connectivity index (χ1v) is 7.85. The van der Waals surface area contributed by atoms with E-state index in [0.29, 0.717) is 12.9 Å². The molecule has 0 saturated heterocycles. The molecule has 0 radical (unpaired) electrons. The first-order chi connectivity index (χ1) is 7.72. The molecule has 0 aliphatic rings. The average Bonchev–Trinajstić information content (AvgIpc) is 2.27. The average molecular weight is 590 g/mol. The Labute approximate surface area is 141 Å². The van der Waals surface area contributed by atoms with Crippen molar-refractivity contribution in [1.29, 1.82) is 0 Å². The van der Waals surface area contributed by atoms with Gasteiger partial charge in [0.1, 0.15) is 0 Å². The number of rotatable bonds is 7. The van der Waals surface area contributed by atoms with Crippen LogP contribution in [0.3, 0.4) is 0 Å². The van der Waals surface area contributed by atoms with Gasteiger partial charge >= 0.3 is 0 Å². The van der Waals surface area contributed by atoms with Crippen LogP contribution < -0.4 is 5.32 Å². The van der Waals surface area contributed by atoms with Crippen LogP contribution in [-0.2, 0) is 15.7 Å². The summed E-state index contributed by atoms with van der Waals surface area (Å²) < 4.78 is 17.9. The largest absolute Gasteiger partial charge is 0.327 e. The second-order valence-electron chi connectivity index (χ2n) is 3.37. The molecule has 0 amide bonds. The fourth-order valence-electron chi connectivity index (χ4n) is 1.14. The van der Waals surface area contributed by atoms with Gasteiger partial charge in [-0.2, -0.15) is 24.3 Å². The Morgan fingerprint density at radius 3 is 3.00 bits per heavy atom. The van der Waals surface area contributed by atoms with Gasteiger partial charge in [-0.05, 0) is 13.0 Å². The van der Waals surface area contributed by atoms with Crippen LogP contribution in [0.15, 0.2) is 18.2 Å². The summed E-state index contributed by atoms with van der Waals surface area (Å²) in [5, 5.41) is 3.08. The second-order valence-corrected chi connectivity index (χ2v) is 6.00. The Morgan fingerprint density at radius 1 is 1.59 bits per heavy atom. The maximum Gasteiger partial charge on any atom is 0.205 e. The van der Waals surface area contributed by atoms with Crippen LogP contribution in [0.5, 0.6) is 0 Å². The van der Waals surface area contributed by atoms with E-state index in [1.807, 2.05) is 18.2 Å². The summed E-state index contributed by atoms with van der Waals surface area (Å²) in [4.78, 5) is 0. The van der Waals surface area contributed by atoms with Gasteiger partial charge in [0.25, 0.3) is 0 Å². The van der Waals surface area contributed by atoms with Crippen molar-refractivity contribution in [1.82, 2.24) is 5.32 Å². The van der Waals surface area contributed by atoms with E-state index in [1.165, 1.54) is 0 Å². The minimum absolute atomic E-state index is 0. The van der Waals surface area contributed by atoms with Gasteiger partial charge in [-0.3, -0.25) is 4.57 Å². The van der Waals surface area contributed by atoms with Crippen molar-refractivity contribution in [2.45, 2.75) is 20.0 Å². The molecule has 0 spiro atoms. The number of hydrogen-bond acceptors (Lipinski definition) is 3. The summed E-state index contributed by atoms with van der Waals surface area (Å²) in [6.07, 6.45) is 1.50. The van der Waals surface area contributed by atoms with Gasteiger partial charge < -0.3 is 9.84 Å². The predicted octanol–water partition coefficient (Wildman–Crippen LogP) is 3.04. The smallest absolute Gasteiger partial charge is 0.205 e. The molecule has 0 aliphatic heterocycles. The van der Waals surface area contributed by atoms with E-state index in [-0.39, 0.29) is 31.1 Å². The molecule has 1 aromatic rings. The molecule has 1 unspecified atom stereocenters. The van der Waals surface area contributed by atoms with E-state index >= 15 is 0 Å². The molecule has 0 heterocycles. The summed E-state index contributed by atoms with van der Waals surface area (Å²) in [6.45, 7) is 3.34. The first-order valence-electron chi connectivity index (χ1n) is 5.25. The Balaban J connectivity index is 0.00000256. The molecule has 17 heavy (non-hydrogen) atoms. The zero-order valence-electron chi connectivity index (χ0n) is 9.75. The van der Waals surface area contributed by atoms with Gasteiger partial charge in [0.2, 0.25) is 8.03 Å². The minimum atomic E-state index is -1.96. The van der Waals surface area contributed by atoms with E-state index < -0.39 is 8.03 Å². The molecule has 0 fully saturated rings. The van der Waals surface area contributed by atoms with Crippen molar-refractivity contribution in [2.24, 2.45) is 0 Å². The van der Waals surface area contributed by atoms with Gasteiger partial charge in [-0.1, -0.05) is 33.1 Å². The standard InChI is InChI=1S/C11H16INO2P.U/c1-2-6-13-9-16(14)15-8-10-4-3-5-11(12)7-10;/h3,5,7,13,16H,2,6,8-9H2,1H3;/q-1;. The summed E-state index contributed by atoms with van der Waals surface area (Å²) in [6, 6.07) is 8.86. The fourth-order valence-corrected chi connectivity index (χ4v) is 2.50. The molecule has 1 aromatic carbocycles. The summed E-state index contributed by atoms with van der Waals surface area (Å²) in [5.41, 5.74) is 0.945. The number of halogens is 1. The number of hydrogen-bond donors (Lipinski definition) is 1. The van der Waals surface area contributed by atoms with Crippen LogP contribution in [0, 0.1) is 40.7 Å². The monoisotopic (exact) mass is 590 g/mol. The van der Waals surface area contributed by atoms with Crippen molar-refractivity contribution in [3.63, 3.8) is 0 Å². The SMILES string of the molecule is CCCNC[PH](=O)OCc1[c-]ccc(I)c1.[U]. The zero-order valence-corrected chi connectivity index (χ0v) is 17.1. The zero-order chi connectivity index (χ0) is 11.8. The van der Waals surface area contributed by atoms with Crippen LogP contribution in [0.2, 0.25) is 0 Å². The Bertz CT molecular complexity index is 352. The van der Waals surface area contributed by atoms with E-state index in [9.17, 15) is 4.57 Å². The van der Waals surface area contributed by atoms with Gasteiger partial charge in [0.15, 0.2) is 0 Å². The second kappa shape index (κ2) is 11.0. The molecule has 0 aliphatic carbocycles. The van der Waals surface area contributed by atoms with Crippen LogP contribution >= 0.6 is 30.6 Å². The molecular formula is C11H16INO2PU-. The van der Waals surface area contributed by atoms with Gasteiger partial charge in [-0.15, -0.1) is 5.56 Å². The summed E-state index contributed by atoms with van der Waals surface area (Å²) >= 11 is 2.23. The Kier molecular flexibility index (Phi) is 11.8. The summed E-state index contributed by atoms with van der Waals surface area (Å²) in [5.74, 6) is 0. The molecule has 6 heteroatoms. The number of benzene rings is 1. The third-order valence-electron chi connectivity index (χ3n) is 1.91. The third kappa shape index (κ3) is 8.80. The van der Waals surface area contributed by atoms with Crippen LogP contribution in [0.1, 0.15) is 18.9 Å². The molecule has 1 N–H and O–H groups in total. The molecule has 1 atom stereocenters. The first kappa shape index (κ1) is 18.2. The molecule has 0 saturated carbocycles. The molecule has 0 aromatic heterocycles. The van der Waals surface area contributed by atoms with Crippen molar-refractivity contribution < 1.29 is 40.2 Å². The molecular weight excluding hydrogens is 574 g/mol. The Morgan fingerprint density at radius 2 is 2.35 bits per heavy atom. The molecule has 1 rings (SSSR count). The van der Waals surface area contributed by atoms with E-state index in [2.05, 4.69) is 40.9 Å². The van der Waals surface area contributed by atoms with Crippen molar-refractivity contribution in [3.05, 3.63) is 33.4 Å². The van der Waals surface area contributed by atoms with Gasteiger partial charge in [-0.25, -0.2) is 0 Å². The van der Waals surface area contributed by atoms with E-state index in [1.54, 1.807) is 0 Å². The van der Waals surface area contributed by atoms with Crippen molar-refractivity contribution in [3.8, 4) is 0 Å². The van der Waals surface area contributed by atoms with Gasteiger partial charge in [0, 0.05) is 31.1 Å². The molecule has 3 nitrogen and oxygen atoms in total. The molecule has 0 bridgehead atoms. The van der Waals surface area contributed by atoms with Crippen LogP contribution in [-0.4, -0.2) is 12.8 Å².